The third-order valence-electron chi connectivity index (χ3n) is 9.44. The molecule has 5 aromatic rings. The Labute approximate surface area is 258 Å². The van der Waals surface area contributed by atoms with E-state index in [9.17, 15) is 0 Å². The van der Waals surface area contributed by atoms with Gasteiger partial charge in [-0.3, -0.25) is 0 Å². The fraction of sp³-hybridized carbons (Fsp3) is 0.216. The molecule has 0 spiro atoms. The molecule has 0 radical (unpaired) electrons. The second kappa shape index (κ2) is 8.50. The SMILES string of the molecule is CC(C)(C)c1cc2c3c(c1)Oc1nc4c(cc1B3c1ccccc1O2)Oc1cc(C(C)(C)C)cc2c1B4c1ccccc1O2. The number of nitrogens with zero attached hydrogens (tertiary/aromatic N) is 1. The van der Waals surface area contributed by atoms with Crippen molar-refractivity contribution in [3.05, 3.63) is 90.0 Å². The Kier molecular flexibility index (Phi) is 4.99. The number of pyridine rings is 1. The molecule has 0 bridgehead atoms. The van der Waals surface area contributed by atoms with E-state index in [-0.39, 0.29) is 24.3 Å². The van der Waals surface area contributed by atoms with E-state index in [1.807, 2.05) is 24.3 Å². The molecule has 0 atom stereocenters. The summed E-state index contributed by atoms with van der Waals surface area (Å²) in [7, 11) is 0. The molecule has 0 amide bonds. The van der Waals surface area contributed by atoms with Crippen LogP contribution in [0.25, 0.3) is 0 Å². The lowest BCUT2D eigenvalue weighted by Gasteiger charge is -2.37. The van der Waals surface area contributed by atoms with Crippen LogP contribution in [0.15, 0.2) is 78.9 Å². The first kappa shape index (κ1) is 25.8. The Bertz CT molecular complexity index is 1930. The normalized spacial score (nSPS) is 14.8. The van der Waals surface area contributed by atoms with Crippen molar-refractivity contribution in [2.24, 2.45) is 0 Å². The van der Waals surface area contributed by atoms with Gasteiger partial charge in [0.15, 0.2) is 0 Å². The summed E-state index contributed by atoms with van der Waals surface area (Å²) < 4.78 is 26.6. The lowest BCUT2D eigenvalue weighted by atomic mass is 9.34. The number of aromatic nitrogens is 1. The Hall–Kier alpha value is -4.64. The van der Waals surface area contributed by atoms with Crippen LogP contribution in [0, 0.1) is 0 Å². The van der Waals surface area contributed by atoms with E-state index in [0.717, 1.165) is 84.3 Å². The first-order valence-electron chi connectivity index (χ1n) is 15.4. The Balaban J connectivity index is 1.29. The van der Waals surface area contributed by atoms with Crippen LogP contribution in [-0.2, 0) is 10.8 Å². The molecule has 5 nitrogen and oxygen atoms in total. The number of hydrogen-bond donors (Lipinski definition) is 0. The molecular weight excluding hydrogens is 544 g/mol. The summed E-state index contributed by atoms with van der Waals surface area (Å²) in [6.45, 7) is 13.0. The van der Waals surface area contributed by atoms with E-state index in [1.165, 1.54) is 0 Å². The van der Waals surface area contributed by atoms with Gasteiger partial charge >= 0.3 is 0 Å². The zero-order valence-electron chi connectivity index (χ0n) is 25.7. The second-order valence-corrected chi connectivity index (χ2v) is 14.4. The van der Waals surface area contributed by atoms with Crippen molar-refractivity contribution in [2.75, 3.05) is 0 Å². The predicted molar refractivity (Wildman–Crippen MR) is 177 cm³/mol. The molecule has 0 fully saturated rings. The van der Waals surface area contributed by atoms with Crippen molar-refractivity contribution in [1.29, 1.82) is 0 Å². The number of fused-ring (bicyclic) bond motifs is 8. The minimum atomic E-state index is -0.142. The van der Waals surface area contributed by atoms with E-state index in [0.29, 0.717) is 5.88 Å². The lowest BCUT2D eigenvalue weighted by Crippen LogP contribution is -2.61. The second-order valence-electron chi connectivity index (χ2n) is 14.4. The van der Waals surface area contributed by atoms with E-state index in [2.05, 4.69) is 96.1 Å². The highest BCUT2D eigenvalue weighted by Gasteiger charge is 2.46. The number of ether oxygens (including phenoxy) is 4. The maximum atomic E-state index is 6.79. The maximum absolute atomic E-state index is 6.79. The number of rotatable bonds is 0. The van der Waals surface area contributed by atoms with Crippen LogP contribution in [0.5, 0.6) is 46.1 Å². The summed E-state index contributed by atoms with van der Waals surface area (Å²) in [4.78, 5) is 5.32. The molecule has 5 heterocycles. The van der Waals surface area contributed by atoms with Gasteiger partial charge in [-0.15, -0.1) is 0 Å². The fourth-order valence-corrected chi connectivity index (χ4v) is 7.06. The van der Waals surface area contributed by atoms with Crippen LogP contribution in [0.1, 0.15) is 52.7 Å². The Morgan fingerprint density at radius 3 is 1.48 bits per heavy atom. The molecule has 4 aliphatic rings. The van der Waals surface area contributed by atoms with Gasteiger partial charge < -0.3 is 18.9 Å². The van der Waals surface area contributed by atoms with Crippen molar-refractivity contribution < 1.29 is 18.9 Å². The highest BCUT2D eigenvalue weighted by molar-refractivity contribution is 6.99. The van der Waals surface area contributed by atoms with Gasteiger partial charge in [-0.25, -0.2) is 4.98 Å². The molecule has 214 valence electrons. The fourth-order valence-electron chi connectivity index (χ4n) is 7.06. The Morgan fingerprint density at radius 1 is 0.477 bits per heavy atom. The molecular formula is C37H31B2NO4. The molecule has 0 saturated carbocycles. The van der Waals surface area contributed by atoms with Gasteiger partial charge in [0.2, 0.25) is 5.88 Å². The minimum absolute atomic E-state index is 0.0786. The standard InChI is InChI=1S/C37H31B2NO4/c1-36(2,3)20-16-28-33-29(17-20)43-31-19-24-35(40-34(31)39(33)23-12-8-10-14-26(23)42-28)44-30-18-21(37(4,5)6)15-27-32(30)38(24)22-11-7-9-13-25(22)41-27/h7-19H,1-6H3. The molecule has 9 rings (SSSR count). The molecule has 1 aromatic heterocycles. The number of para-hydroxylation sites is 2. The molecule has 0 unspecified atom stereocenters. The van der Waals surface area contributed by atoms with Gasteiger partial charge in [-0.1, -0.05) is 77.9 Å². The van der Waals surface area contributed by atoms with Crippen LogP contribution in [-0.4, -0.2) is 18.4 Å². The third kappa shape index (κ3) is 3.59. The van der Waals surface area contributed by atoms with E-state index >= 15 is 0 Å². The summed E-state index contributed by atoms with van der Waals surface area (Å²) in [6.07, 6.45) is 0. The molecule has 0 N–H and O–H groups in total. The van der Waals surface area contributed by atoms with Crippen LogP contribution in [0.2, 0.25) is 0 Å². The largest absolute Gasteiger partial charge is 0.458 e. The number of hydrogen-bond acceptors (Lipinski definition) is 5. The first-order valence-corrected chi connectivity index (χ1v) is 15.4. The summed E-state index contributed by atoms with van der Waals surface area (Å²) in [5.74, 6) is 6.34. The van der Waals surface area contributed by atoms with Gasteiger partial charge in [0.25, 0.3) is 13.4 Å². The van der Waals surface area contributed by atoms with Gasteiger partial charge in [-0.05, 0) is 80.8 Å². The molecule has 7 heteroatoms. The summed E-state index contributed by atoms with van der Waals surface area (Å²) in [5, 5.41) is 0. The zero-order chi connectivity index (χ0) is 30.1. The lowest BCUT2D eigenvalue weighted by molar-refractivity contribution is 0.441. The Morgan fingerprint density at radius 2 is 0.932 bits per heavy atom. The average Bonchev–Trinajstić information content (AvgIpc) is 2.98. The van der Waals surface area contributed by atoms with Crippen LogP contribution >= 0.6 is 0 Å². The van der Waals surface area contributed by atoms with E-state index in [1.54, 1.807) is 0 Å². The molecule has 44 heavy (non-hydrogen) atoms. The monoisotopic (exact) mass is 575 g/mol. The summed E-state index contributed by atoms with van der Waals surface area (Å²) in [5.41, 5.74) is 8.20. The van der Waals surface area contributed by atoms with Crippen molar-refractivity contribution in [2.45, 2.75) is 52.4 Å². The maximum Gasteiger partial charge on any atom is 0.284 e. The minimum Gasteiger partial charge on any atom is -0.458 e. The average molecular weight is 575 g/mol. The van der Waals surface area contributed by atoms with Gasteiger partial charge in [0, 0.05) is 10.9 Å². The van der Waals surface area contributed by atoms with E-state index < -0.39 is 0 Å². The predicted octanol–water partition coefficient (Wildman–Crippen LogP) is 5.13. The highest BCUT2D eigenvalue weighted by atomic mass is 16.5. The summed E-state index contributed by atoms with van der Waals surface area (Å²) in [6, 6.07) is 27.4. The smallest absolute Gasteiger partial charge is 0.284 e. The van der Waals surface area contributed by atoms with Crippen molar-refractivity contribution in [1.82, 2.24) is 4.98 Å². The van der Waals surface area contributed by atoms with Gasteiger partial charge in [-0.2, -0.15) is 0 Å². The van der Waals surface area contributed by atoms with Crippen LogP contribution in [0.4, 0.5) is 0 Å². The topological polar surface area (TPSA) is 49.8 Å². The summed E-state index contributed by atoms with van der Waals surface area (Å²) >= 11 is 0. The highest BCUT2D eigenvalue weighted by Crippen LogP contribution is 2.41. The van der Waals surface area contributed by atoms with Crippen molar-refractivity contribution in [3.8, 4) is 46.1 Å². The molecule has 0 aliphatic carbocycles. The van der Waals surface area contributed by atoms with Crippen molar-refractivity contribution >= 4 is 46.3 Å². The van der Waals surface area contributed by atoms with E-state index in [4.69, 9.17) is 23.9 Å². The first-order chi connectivity index (χ1) is 21.0. The number of benzene rings is 4. The third-order valence-corrected chi connectivity index (χ3v) is 9.44. The van der Waals surface area contributed by atoms with Gasteiger partial charge in [0.05, 0.1) is 5.59 Å². The zero-order valence-corrected chi connectivity index (χ0v) is 25.7. The molecule has 4 aliphatic heterocycles. The van der Waals surface area contributed by atoms with Crippen molar-refractivity contribution in [3.63, 3.8) is 0 Å². The van der Waals surface area contributed by atoms with Crippen LogP contribution in [0.3, 0.4) is 0 Å². The van der Waals surface area contributed by atoms with Gasteiger partial charge in [0.1, 0.15) is 40.2 Å². The quantitative estimate of drug-likeness (QED) is 0.235. The van der Waals surface area contributed by atoms with Crippen LogP contribution < -0.4 is 51.9 Å². The molecule has 4 aromatic carbocycles. The molecule has 0 saturated heterocycles.